The van der Waals surface area contributed by atoms with Gasteiger partial charge in [-0.15, -0.1) is 29.8 Å². The molecule has 0 amide bonds. The van der Waals surface area contributed by atoms with E-state index in [-0.39, 0.29) is 31.4 Å². The molecule has 0 saturated heterocycles. The summed E-state index contributed by atoms with van der Waals surface area (Å²) in [5, 5.41) is 0. The molecule has 1 heterocycles. The van der Waals surface area contributed by atoms with Crippen LogP contribution in [0.25, 0.3) is 11.3 Å². The van der Waals surface area contributed by atoms with Crippen LogP contribution in [0.5, 0.6) is 0 Å². The molecule has 0 aliphatic rings. The Morgan fingerprint density at radius 1 is 0.810 bits per heavy atom. The monoisotopic (exact) mass is 483 g/mol. The van der Waals surface area contributed by atoms with Crippen LogP contribution in [-0.4, -0.2) is 4.98 Å². The van der Waals surface area contributed by atoms with E-state index in [9.17, 15) is 26.3 Å². The van der Waals surface area contributed by atoms with Crippen LogP contribution < -0.4 is 0 Å². The van der Waals surface area contributed by atoms with E-state index in [0.29, 0.717) is 6.20 Å². The molecule has 0 spiro atoms. The summed E-state index contributed by atoms with van der Waals surface area (Å²) in [5.74, 6) is 0. The average Bonchev–Trinajstić information content (AvgIpc) is 2.37. The molecular formula is C13H6F6IrN-. The van der Waals surface area contributed by atoms with Crippen LogP contribution in [0, 0.1) is 6.07 Å². The quantitative estimate of drug-likeness (QED) is 0.428. The van der Waals surface area contributed by atoms with Gasteiger partial charge in [-0.25, -0.2) is 0 Å². The Morgan fingerprint density at radius 3 is 1.76 bits per heavy atom. The Hall–Kier alpha value is -1.40. The molecule has 0 aliphatic heterocycles. The molecule has 0 atom stereocenters. The van der Waals surface area contributed by atoms with Crippen molar-refractivity contribution in [3.8, 4) is 11.3 Å². The van der Waals surface area contributed by atoms with Crippen LogP contribution in [0.4, 0.5) is 26.3 Å². The fourth-order valence-electron chi connectivity index (χ4n) is 1.48. The number of alkyl halides is 6. The molecule has 2 rings (SSSR count). The number of benzene rings is 1. The minimum Gasteiger partial charge on any atom is -0.304 e. The number of hydrogen-bond donors (Lipinski definition) is 0. The molecule has 1 aromatic carbocycles. The number of aromatic nitrogens is 1. The predicted octanol–water partition coefficient (Wildman–Crippen LogP) is 4.58. The Morgan fingerprint density at radius 2 is 1.38 bits per heavy atom. The van der Waals surface area contributed by atoms with Crippen molar-refractivity contribution in [1.29, 1.82) is 0 Å². The maximum Gasteiger partial charge on any atom is 0.417 e. The normalized spacial score (nSPS) is 11.9. The molecule has 1 radical (unpaired) electrons. The second-order valence-corrected chi connectivity index (χ2v) is 3.92. The van der Waals surface area contributed by atoms with E-state index in [0.717, 1.165) is 30.3 Å². The third-order valence-electron chi connectivity index (χ3n) is 2.51. The molecule has 115 valence electrons. The molecule has 1 nitrogen and oxygen atoms in total. The van der Waals surface area contributed by atoms with Crippen LogP contribution in [0.15, 0.2) is 36.5 Å². The largest absolute Gasteiger partial charge is 0.417 e. The number of nitrogens with zero attached hydrogens (tertiary/aromatic N) is 1. The first-order valence-corrected chi connectivity index (χ1v) is 5.30. The molecule has 0 fully saturated rings. The van der Waals surface area contributed by atoms with Crippen molar-refractivity contribution in [1.82, 2.24) is 4.98 Å². The third-order valence-corrected chi connectivity index (χ3v) is 2.51. The SMILES string of the molecule is FC(F)(F)c1c[c-]c(-c2ccc(C(F)(F)F)cn2)cc1.[Ir]. The number of hydrogen-bond acceptors (Lipinski definition) is 1. The predicted molar refractivity (Wildman–Crippen MR) is 58.5 cm³/mol. The molecule has 0 saturated carbocycles. The van der Waals surface area contributed by atoms with Crippen molar-refractivity contribution in [2.75, 3.05) is 0 Å². The summed E-state index contributed by atoms with van der Waals surface area (Å²) < 4.78 is 74.0. The Kier molecular flexibility index (Phi) is 5.17. The molecule has 0 N–H and O–H groups in total. The number of halogens is 6. The first kappa shape index (κ1) is 17.7. The van der Waals surface area contributed by atoms with Crippen molar-refractivity contribution in [2.24, 2.45) is 0 Å². The van der Waals surface area contributed by atoms with E-state index in [1.807, 2.05) is 0 Å². The number of rotatable bonds is 1. The van der Waals surface area contributed by atoms with E-state index in [4.69, 9.17) is 0 Å². The minimum atomic E-state index is -4.50. The van der Waals surface area contributed by atoms with Gasteiger partial charge in [-0.05, 0) is 11.3 Å². The van der Waals surface area contributed by atoms with E-state index in [2.05, 4.69) is 11.1 Å². The molecule has 8 heteroatoms. The molecule has 1 aromatic heterocycles. The summed E-state index contributed by atoms with van der Waals surface area (Å²) >= 11 is 0. The zero-order valence-corrected chi connectivity index (χ0v) is 12.4. The van der Waals surface area contributed by atoms with Gasteiger partial charge in [0.05, 0.1) is 5.56 Å². The summed E-state index contributed by atoms with van der Waals surface area (Å²) in [5.41, 5.74) is -1.50. The minimum absolute atomic E-state index is 0. The van der Waals surface area contributed by atoms with Gasteiger partial charge in [-0.1, -0.05) is 12.1 Å². The second-order valence-electron chi connectivity index (χ2n) is 3.92. The Bertz CT molecular complexity index is 531. The summed E-state index contributed by atoms with van der Waals surface area (Å²) in [7, 11) is 0. The van der Waals surface area contributed by atoms with Gasteiger partial charge in [0, 0.05) is 26.3 Å². The maximum atomic E-state index is 12.3. The Balaban J connectivity index is 0.00000220. The fraction of sp³-hybridized carbons (Fsp3) is 0.154. The van der Waals surface area contributed by atoms with Crippen LogP contribution in [0.3, 0.4) is 0 Å². The second kappa shape index (κ2) is 6.15. The van der Waals surface area contributed by atoms with Gasteiger partial charge in [0.1, 0.15) is 0 Å². The maximum absolute atomic E-state index is 12.3. The van der Waals surface area contributed by atoms with E-state index in [1.54, 1.807) is 0 Å². The zero-order chi connectivity index (χ0) is 15.0. The summed E-state index contributed by atoms with van der Waals surface area (Å²) in [6, 6.07) is 6.92. The third kappa shape index (κ3) is 4.28. The average molecular weight is 482 g/mol. The zero-order valence-electron chi connectivity index (χ0n) is 10.0. The van der Waals surface area contributed by atoms with Crippen molar-refractivity contribution in [2.45, 2.75) is 12.4 Å². The van der Waals surface area contributed by atoms with E-state index >= 15 is 0 Å². The van der Waals surface area contributed by atoms with Crippen LogP contribution in [0.2, 0.25) is 0 Å². The van der Waals surface area contributed by atoms with Crippen LogP contribution >= 0.6 is 0 Å². The molecule has 2 aromatic rings. The van der Waals surface area contributed by atoms with Gasteiger partial charge in [-0.2, -0.15) is 26.3 Å². The van der Waals surface area contributed by atoms with Gasteiger partial charge in [-0.3, -0.25) is 0 Å². The summed E-state index contributed by atoms with van der Waals surface area (Å²) in [6.07, 6.45) is -8.36. The van der Waals surface area contributed by atoms with Crippen molar-refractivity contribution >= 4 is 0 Å². The molecule has 0 unspecified atom stereocenters. The number of pyridine rings is 1. The van der Waals surface area contributed by atoms with Gasteiger partial charge >= 0.3 is 12.4 Å². The van der Waals surface area contributed by atoms with Crippen molar-refractivity contribution in [3.63, 3.8) is 0 Å². The first-order chi connectivity index (χ1) is 9.18. The molecular weight excluding hydrogens is 476 g/mol. The van der Waals surface area contributed by atoms with Crippen molar-refractivity contribution < 1.29 is 46.4 Å². The first-order valence-electron chi connectivity index (χ1n) is 5.30. The van der Waals surface area contributed by atoms with E-state index < -0.39 is 23.5 Å². The molecule has 0 aliphatic carbocycles. The topological polar surface area (TPSA) is 12.9 Å². The molecule has 0 bridgehead atoms. The van der Waals surface area contributed by atoms with E-state index in [1.165, 1.54) is 0 Å². The summed E-state index contributed by atoms with van der Waals surface area (Å²) in [4.78, 5) is 3.57. The van der Waals surface area contributed by atoms with Crippen molar-refractivity contribution in [3.05, 3.63) is 53.7 Å². The van der Waals surface area contributed by atoms with Gasteiger partial charge in [0.15, 0.2) is 0 Å². The smallest absolute Gasteiger partial charge is 0.304 e. The standard InChI is InChI=1S/C13H6F6N.Ir/c14-12(15,16)9-3-1-8(2-4-9)11-6-5-10(7-20-11)13(17,18)19;/h1,3-7H;/q-1;. The van der Waals surface area contributed by atoms with Gasteiger partial charge in [0.25, 0.3) is 0 Å². The van der Waals surface area contributed by atoms with Gasteiger partial charge in [0.2, 0.25) is 0 Å². The fourth-order valence-corrected chi connectivity index (χ4v) is 1.48. The van der Waals surface area contributed by atoms with Gasteiger partial charge < -0.3 is 4.98 Å². The Labute approximate surface area is 129 Å². The molecule has 21 heavy (non-hydrogen) atoms. The van der Waals surface area contributed by atoms with Crippen LogP contribution in [0.1, 0.15) is 11.1 Å². The van der Waals surface area contributed by atoms with Crippen LogP contribution in [-0.2, 0) is 32.5 Å². The summed E-state index contributed by atoms with van der Waals surface area (Å²) in [6.45, 7) is 0.